The Kier molecular flexibility index (Phi) is 4.29. The monoisotopic (exact) mass is 377 g/mol. The average Bonchev–Trinajstić information content (AvgIpc) is 3.12. The summed E-state index contributed by atoms with van der Waals surface area (Å²) in [6.45, 7) is 0.602. The third-order valence-electron chi connectivity index (χ3n) is 4.10. The quantitative estimate of drug-likeness (QED) is 0.520. The van der Waals surface area contributed by atoms with Crippen molar-refractivity contribution in [3.05, 3.63) is 87.4 Å². The molecule has 4 rings (SSSR count). The first-order valence-corrected chi connectivity index (χ1v) is 9.07. The van der Waals surface area contributed by atoms with E-state index >= 15 is 0 Å². The van der Waals surface area contributed by atoms with E-state index < -0.39 is 0 Å². The number of fused-ring (bicyclic) bond motifs is 1. The lowest BCUT2D eigenvalue weighted by Gasteiger charge is -2.07. The number of halogens is 1. The average molecular weight is 378 g/mol. The molecule has 26 heavy (non-hydrogen) atoms. The van der Waals surface area contributed by atoms with Gasteiger partial charge < -0.3 is 4.57 Å². The van der Waals surface area contributed by atoms with Crippen LogP contribution in [0.3, 0.4) is 0 Å². The minimum absolute atomic E-state index is 0.225. The fraction of sp³-hybridized carbons (Fsp3) is 0.0500. The number of nitrogens with zero attached hydrogens (tertiary/aromatic N) is 3. The smallest absolute Gasteiger partial charge is 0.290 e. The predicted octanol–water partition coefficient (Wildman–Crippen LogP) is 4.70. The molecule has 0 radical (unpaired) electrons. The van der Waals surface area contributed by atoms with Gasteiger partial charge in [-0.25, -0.2) is 0 Å². The van der Waals surface area contributed by atoms with Crippen molar-refractivity contribution in [2.45, 2.75) is 6.54 Å². The number of hydrogen-bond donors (Lipinski definition) is 0. The van der Waals surface area contributed by atoms with E-state index in [4.69, 9.17) is 16.9 Å². The van der Waals surface area contributed by atoms with E-state index in [0.29, 0.717) is 21.8 Å². The van der Waals surface area contributed by atoms with Crippen molar-refractivity contribution < 1.29 is 0 Å². The van der Waals surface area contributed by atoms with E-state index in [9.17, 15) is 4.79 Å². The van der Waals surface area contributed by atoms with E-state index in [-0.39, 0.29) is 5.56 Å². The van der Waals surface area contributed by atoms with Crippen molar-refractivity contribution in [2.24, 2.45) is 0 Å². The van der Waals surface area contributed by atoms with Crippen molar-refractivity contribution in [3.63, 3.8) is 0 Å². The zero-order valence-corrected chi connectivity index (χ0v) is 15.1. The first kappa shape index (κ1) is 16.5. The molecule has 0 aliphatic rings. The van der Waals surface area contributed by atoms with Gasteiger partial charge in [-0.3, -0.25) is 4.79 Å². The highest BCUT2D eigenvalue weighted by molar-refractivity contribution is 7.22. The molecule has 0 bridgehead atoms. The first-order chi connectivity index (χ1) is 12.6. The minimum atomic E-state index is -0.225. The third kappa shape index (κ3) is 3.13. The van der Waals surface area contributed by atoms with Crippen LogP contribution in [0.4, 0.5) is 0 Å². The molecule has 0 fully saturated rings. The van der Waals surface area contributed by atoms with E-state index in [1.807, 2.05) is 47.0 Å². The Bertz CT molecular complexity index is 1190. The van der Waals surface area contributed by atoms with Gasteiger partial charge in [-0.05, 0) is 41.5 Å². The summed E-state index contributed by atoms with van der Waals surface area (Å²) < 4.78 is 2.59. The standard InChI is InChI=1S/C20H12ClN3OS/c21-16-7-3-14(4-8-16)11-24-12-23-20(25)19-17(24)9-18(26-19)15-5-1-13(10-22)2-6-15/h1-9,12H,11H2. The summed E-state index contributed by atoms with van der Waals surface area (Å²) >= 11 is 7.36. The van der Waals surface area contributed by atoms with Gasteiger partial charge >= 0.3 is 0 Å². The Labute approximate surface area is 158 Å². The van der Waals surface area contributed by atoms with Gasteiger partial charge in [-0.2, -0.15) is 10.2 Å². The van der Waals surface area contributed by atoms with Gasteiger partial charge in [0.2, 0.25) is 0 Å². The Balaban J connectivity index is 1.79. The SMILES string of the molecule is N#Cc1ccc(-c2cc3c(s2)c(=O)ncn3Cc2ccc(Cl)cc2)cc1. The fourth-order valence-corrected chi connectivity index (χ4v) is 3.95. The van der Waals surface area contributed by atoms with Crippen LogP contribution >= 0.6 is 22.9 Å². The van der Waals surface area contributed by atoms with Crippen LogP contribution in [0.15, 0.2) is 65.7 Å². The third-order valence-corrected chi connectivity index (χ3v) is 5.51. The molecule has 4 nitrogen and oxygen atoms in total. The summed E-state index contributed by atoms with van der Waals surface area (Å²) in [5.41, 5.74) is 3.29. The van der Waals surface area contributed by atoms with E-state index in [1.54, 1.807) is 18.5 Å². The van der Waals surface area contributed by atoms with E-state index in [1.165, 1.54) is 11.3 Å². The van der Waals surface area contributed by atoms with Crippen molar-refractivity contribution >= 4 is 33.2 Å². The van der Waals surface area contributed by atoms with Gasteiger partial charge in [-0.1, -0.05) is 35.9 Å². The van der Waals surface area contributed by atoms with Gasteiger partial charge in [0.1, 0.15) is 4.70 Å². The fourth-order valence-electron chi connectivity index (χ4n) is 2.75. The summed E-state index contributed by atoms with van der Waals surface area (Å²) in [6, 6.07) is 19.1. The van der Waals surface area contributed by atoms with Gasteiger partial charge in [0.15, 0.2) is 0 Å². The van der Waals surface area contributed by atoms with Gasteiger partial charge in [0.05, 0.1) is 23.5 Å². The molecule has 0 N–H and O–H groups in total. The van der Waals surface area contributed by atoms with Crippen LogP contribution in [0.1, 0.15) is 11.1 Å². The molecule has 0 saturated heterocycles. The lowest BCUT2D eigenvalue weighted by Crippen LogP contribution is -2.11. The Morgan fingerprint density at radius 3 is 2.54 bits per heavy atom. The van der Waals surface area contributed by atoms with Crippen molar-refractivity contribution in [1.29, 1.82) is 5.26 Å². The zero-order valence-electron chi connectivity index (χ0n) is 13.5. The molecule has 0 amide bonds. The lowest BCUT2D eigenvalue weighted by atomic mass is 10.1. The molecule has 6 heteroatoms. The first-order valence-electron chi connectivity index (χ1n) is 7.88. The molecule has 0 aliphatic carbocycles. The van der Waals surface area contributed by atoms with E-state index in [2.05, 4.69) is 11.1 Å². The van der Waals surface area contributed by atoms with Crippen LogP contribution in [0.25, 0.3) is 20.7 Å². The minimum Gasteiger partial charge on any atom is -0.326 e. The van der Waals surface area contributed by atoms with Crippen molar-refractivity contribution in [2.75, 3.05) is 0 Å². The highest BCUT2D eigenvalue weighted by Gasteiger charge is 2.11. The molecular formula is C20H12ClN3OS. The van der Waals surface area contributed by atoms with Crippen molar-refractivity contribution in [1.82, 2.24) is 9.55 Å². The number of benzene rings is 2. The Morgan fingerprint density at radius 2 is 1.85 bits per heavy atom. The normalized spacial score (nSPS) is 10.8. The van der Waals surface area contributed by atoms with Crippen LogP contribution in [0.2, 0.25) is 5.02 Å². The molecule has 0 atom stereocenters. The second-order valence-corrected chi connectivity index (χ2v) is 7.31. The second-order valence-electron chi connectivity index (χ2n) is 5.82. The molecule has 0 unspecified atom stereocenters. The second kappa shape index (κ2) is 6.75. The summed E-state index contributed by atoms with van der Waals surface area (Å²) in [6.07, 6.45) is 1.58. The topological polar surface area (TPSA) is 58.7 Å². The van der Waals surface area contributed by atoms with Crippen LogP contribution in [0, 0.1) is 11.3 Å². The molecule has 126 valence electrons. The zero-order chi connectivity index (χ0) is 18.1. The summed E-state index contributed by atoms with van der Waals surface area (Å²) in [5.74, 6) is 0. The number of nitriles is 1. The summed E-state index contributed by atoms with van der Waals surface area (Å²) in [4.78, 5) is 17.2. The molecule has 0 saturated carbocycles. The summed E-state index contributed by atoms with van der Waals surface area (Å²) in [5, 5.41) is 9.63. The molecule has 2 aromatic carbocycles. The lowest BCUT2D eigenvalue weighted by molar-refractivity contribution is 0.800. The number of thiophene rings is 1. The Morgan fingerprint density at radius 1 is 1.12 bits per heavy atom. The largest absolute Gasteiger partial charge is 0.326 e. The number of aromatic nitrogens is 2. The molecule has 0 aliphatic heterocycles. The molecular weight excluding hydrogens is 366 g/mol. The maximum Gasteiger partial charge on any atom is 0.290 e. The summed E-state index contributed by atoms with van der Waals surface area (Å²) in [7, 11) is 0. The van der Waals surface area contributed by atoms with Crippen molar-refractivity contribution in [3.8, 4) is 16.5 Å². The number of rotatable bonds is 3. The Hall–Kier alpha value is -2.94. The molecule has 4 aromatic rings. The maximum absolute atomic E-state index is 12.2. The van der Waals surface area contributed by atoms with Crippen LogP contribution < -0.4 is 5.56 Å². The highest BCUT2D eigenvalue weighted by atomic mass is 35.5. The number of hydrogen-bond acceptors (Lipinski definition) is 4. The van der Waals surface area contributed by atoms with Gasteiger partial charge in [0, 0.05) is 16.4 Å². The predicted molar refractivity (Wildman–Crippen MR) is 105 cm³/mol. The van der Waals surface area contributed by atoms with Crippen LogP contribution in [0.5, 0.6) is 0 Å². The van der Waals surface area contributed by atoms with Crippen LogP contribution in [-0.4, -0.2) is 9.55 Å². The van der Waals surface area contributed by atoms with Gasteiger partial charge in [0.25, 0.3) is 5.56 Å². The molecule has 2 heterocycles. The molecule has 2 aromatic heterocycles. The van der Waals surface area contributed by atoms with Gasteiger partial charge in [-0.15, -0.1) is 11.3 Å². The maximum atomic E-state index is 12.2. The van der Waals surface area contributed by atoms with E-state index in [0.717, 1.165) is 21.5 Å². The molecule has 0 spiro atoms. The highest BCUT2D eigenvalue weighted by Crippen LogP contribution is 2.32. The van der Waals surface area contributed by atoms with Crippen LogP contribution in [-0.2, 0) is 6.54 Å².